The van der Waals surface area contributed by atoms with Crippen LogP contribution in [0.5, 0.6) is 0 Å². The van der Waals surface area contributed by atoms with E-state index in [1.807, 2.05) is 6.08 Å². The van der Waals surface area contributed by atoms with Gasteiger partial charge in [0.15, 0.2) is 14.1 Å². The van der Waals surface area contributed by atoms with E-state index in [1.54, 1.807) is 0 Å². The Bertz CT molecular complexity index is 440. The number of carbonyl (C=O) groups excluding carboxylic acids is 1. The van der Waals surface area contributed by atoms with Gasteiger partial charge in [0.25, 0.3) is 0 Å². The second-order valence-corrected chi connectivity index (χ2v) is 13.6. The van der Waals surface area contributed by atoms with E-state index in [0.717, 1.165) is 19.4 Å². The Labute approximate surface area is 125 Å². The van der Waals surface area contributed by atoms with Crippen molar-refractivity contribution in [3.8, 4) is 0 Å². The van der Waals surface area contributed by atoms with Crippen molar-refractivity contribution in [2.45, 2.75) is 65.6 Å². The summed E-state index contributed by atoms with van der Waals surface area (Å²) >= 11 is 0. The van der Waals surface area contributed by atoms with Gasteiger partial charge in [-0.25, -0.2) is 0 Å². The van der Waals surface area contributed by atoms with Gasteiger partial charge in [-0.3, -0.25) is 4.79 Å². The predicted octanol–water partition coefficient (Wildman–Crippen LogP) is 4.57. The smallest absolute Gasteiger partial charge is 0.192 e. The molecule has 2 unspecified atom stereocenters. The molecule has 0 spiro atoms. The molecule has 0 N–H and O–H groups in total. The third-order valence-corrected chi connectivity index (χ3v) is 10.3. The average molecular weight is 295 g/mol. The van der Waals surface area contributed by atoms with Crippen LogP contribution >= 0.6 is 0 Å². The van der Waals surface area contributed by atoms with Crippen molar-refractivity contribution in [2.75, 3.05) is 6.61 Å². The molecular formula is C17H30O2Si. The van der Waals surface area contributed by atoms with Crippen LogP contribution in [0.2, 0.25) is 18.1 Å². The van der Waals surface area contributed by atoms with Crippen LogP contribution in [0.1, 0.15) is 47.5 Å². The van der Waals surface area contributed by atoms with Crippen LogP contribution in [0, 0.1) is 17.3 Å². The second-order valence-electron chi connectivity index (χ2n) is 8.83. The van der Waals surface area contributed by atoms with Crippen molar-refractivity contribution in [1.82, 2.24) is 0 Å². The fraction of sp³-hybridized carbons (Fsp3) is 0.824. The Morgan fingerprint density at radius 3 is 2.50 bits per heavy atom. The number of fused-ring (bicyclic) bond motifs is 1. The Morgan fingerprint density at radius 2 is 1.95 bits per heavy atom. The minimum absolute atomic E-state index is 0.245. The molecular weight excluding hydrogens is 264 g/mol. The summed E-state index contributed by atoms with van der Waals surface area (Å²) < 4.78 is 6.44. The first-order valence-corrected chi connectivity index (χ1v) is 10.7. The molecule has 2 atom stereocenters. The number of ketones is 1. The molecule has 0 aromatic carbocycles. The molecule has 2 nitrogen and oxygen atoms in total. The van der Waals surface area contributed by atoms with Crippen LogP contribution in [0.15, 0.2) is 11.6 Å². The molecule has 0 saturated heterocycles. The van der Waals surface area contributed by atoms with Gasteiger partial charge in [-0.15, -0.1) is 0 Å². The van der Waals surface area contributed by atoms with E-state index in [1.165, 1.54) is 5.57 Å². The van der Waals surface area contributed by atoms with E-state index in [2.05, 4.69) is 47.7 Å². The van der Waals surface area contributed by atoms with Gasteiger partial charge in [0.1, 0.15) is 0 Å². The largest absolute Gasteiger partial charge is 0.416 e. The summed E-state index contributed by atoms with van der Waals surface area (Å²) in [7, 11) is -1.71. The third-order valence-electron chi connectivity index (χ3n) is 5.78. The summed E-state index contributed by atoms with van der Waals surface area (Å²) in [5, 5.41) is 0.245. The number of hydrogen-bond donors (Lipinski definition) is 0. The minimum Gasteiger partial charge on any atom is -0.416 e. The highest BCUT2D eigenvalue weighted by Gasteiger charge is 2.48. The van der Waals surface area contributed by atoms with E-state index in [-0.39, 0.29) is 10.5 Å². The Kier molecular flexibility index (Phi) is 3.84. The molecule has 0 aliphatic heterocycles. The van der Waals surface area contributed by atoms with E-state index in [9.17, 15) is 4.79 Å². The summed E-state index contributed by atoms with van der Waals surface area (Å²) in [6.45, 7) is 16.9. The van der Waals surface area contributed by atoms with Gasteiger partial charge in [0.2, 0.25) is 0 Å². The SMILES string of the molecule is CC1(C)CC2CC(=O)C=C2C1CO[Si](C)(C)C(C)(C)C. The highest BCUT2D eigenvalue weighted by atomic mass is 28.4. The van der Waals surface area contributed by atoms with Crippen LogP contribution in [-0.4, -0.2) is 20.7 Å². The Morgan fingerprint density at radius 1 is 1.35 bits per heavy atom. The van der Waals surface area contributed by atoms with Crippen molar-refractivity contribution in [3.05, 3.63) is 11.6 Å². The van der Waals surface area contributed by atoms with Crippen molar-refractivity contribution >= 4 is 14.1 Å². The Hall–Kier alpha value is -0.413. The van der Waals surface area contributed by atoms with Gasteiger partial charge in [0.05, 0.1) is 0 Å². The maximum atomic E-state index is 11.7. The minimum atomic E-state index is -1.71. The maximum Gasteiger partial charge on any atom is 0.192 e. The fourth-order valence-corrected chi connectivity index (χ4v) is 4.37. The van der Waals surface area contributed by atoms with E-state index in [4.69, 9.17) is 4.43 Å². The molecule has 0 aromatic heterocycles. The van der Waals surface area contributed by atoms with Gasteiger partial charge in [-0.1, -0.05) is 40.2 Å². The van der Waals surface area contributed by atoms with Gasteiger partial charge in [-0.05, 0) is 42.0 Å². The zero-order valence-electron chi connectivity index (χ0n) is 14.2. The number of rotatable bonds is 3. The number of hydrogen-bond acceptors (Lipinski definition) is 2. The topological polar surface area (TPSA) is 26.3 Å². The van der Waals surface area contributed by atoms with Crippen molar-refractivity contribution in [2.24, 2.45) is 17.3 Å². The summed E-state index contributed by atoms with van der Waals surface area (Å²) in [6, 6.07) is 0. The van der Waals surface area contributed by atoms with Crippen LogP contribution in [0.3, 0.4) is 0 Å². The van der Waals surface area contributed by atoms with Crippen LogP contribution in [-0.2, 0) is 9.22 Å². The molecule has 0 radical (unpaired) electrons. The Balaban J connectivity index is 2.12. The maximum absolute atomic E-state index is 11.7. The lowest BCUT2D eigenvalue weighted by Crippen LogP contribution is -2.43. The van der Waals surface area contributed by atoms with Crippen LogP contribution in [0.25, 0.3) is 0 Å². The zero-order valence-corrected chi connectivity index (χ0v) is 15.2. The molecule has 2 aliphatic rings. The summed E-state index contributed by atoms with van der Waals surface area (Å²) in [5.74, 6) is 1.23. The molecule has 20 heavy (non-hydrogen) atoms. The van der Waals surface area contributed by atoms with Crippen molar-refractivity contribution in [1.29, 1.82) is 0 Å². The van der Waals surface area contributed by atoms with E-state index < -0.39 is 8.32 Å². The summed E-state index contributed by atoms with van der Waals surface area (Å²) in [4.78, 5) is 11.7. The lowest BCUT2D eigenvalue weighted by molar-refractivity contribution is -0.114. The van der Waals surface area contributed by atoms with Gasteiger partial charge < -0.3 is 4.43 Å². The molecule has 0 bridgehead atoms. The van der Waals surface area contributed by atoms with E-state index in [0.29, 0.717) is 17.6 Å². The monoisotopic (exact) mass is 294 g/mol. The van der Waals surface area contributed by atoms with Crippen LogP contribution in [0.4, 0.5) is 0 Å². The highest BCUT2D eigenvalue weighted by Crippen LogP contribution is 2.53. The lowest BCUT2D eigenvalue weighted by atomic mass is 9.81. The van der Waals surface area contributed by atoms with Gasteiger partial charge >= 0.3 is 0 Å². The van der Waals surface area contributed by atoms with Crippen LogP contribution < -0.4 is 0 Å². The molecule has 2 rings (SSSR count). The fourth-order valence-electron chi connectivity index (χ4n) is 3.36. The third kappa shape index (κ3) is 2.80. The first-order chi connectivity index (χ1) is 8.94. The molecule has 2 aliphatic carbocycles. The van der Waals surface area contributed by atoms with Crippen molar-refractivity contribution < 1.29 is 9.22 Å². The average Bonchev–Trinajstić information content (AvgIpc) is 2.65. The molecule has 3 heteroatoms. The highest BCUT2D eigenvalue weighted by molar-refractivity contribution is 6.74. The zero-order chi connectivity index (χ0) is 15.3. The van der Waals surface area contributed by atoms with Gasteiger partial charge in [-0.2, -0.15) is 0 Å². The first kappa shape index (κ1) is 16.0. The normalized spacial score (nSPS) is 29.6. The molecule has 0 heterocycles. The summed E-state index contributed by atoms with van der Waals surface area (Å²) in [6.07, 6.45) is 3.78. The number of allylic oxidation sites excluding steroid dienone is 1. The molecule has 1 saturated carbocycles. The van der Waals surface area contributed by atoms with Gasteiger partial charge in [0, 0.05) is 18.9 Å². The standard InChI is InChI=1S/C17H30O2Si/c1-16(2,3)20(6,7)19-11-15-14-9-13(18)8-12(14)10-17(15,4)5/h9,12,15H,8,10-11H2,1-7H3. The lowest BCUT2D eigenvalue weighted by Gasteiger charge is -2.39. The molecule has 0 amide bonds. The van der Waals surface area contributed by atoms with Crippen molar-refractivity contribution in [3.63, 3.8) is 0 Å². The second kappa shape index (κ2) is 4.81. The molecule has 0 aromatic rings. The molecule has 1 fully saturated rings. The number of carbonyl (C=O) groups is 1. The summed E-state index contributed by atoms with van der Waals surface area (Å²) in [5.41, 5.74) is 1.64. The predicted molar refractivity (Wildman–Crippen MR) is 86.2 cm³/mol. The molecule has 114 valence electrons. The first-order valence-electron chi connectivity index (χ1n) is 7.82. The van der Waals surface area contributed by atoms with E-state index >= 15 is 0 Å². The quantitative estimate of drug-likeness (QED) is 0.713.